The highest BCUT2D eigenvalue weighted by atomic mass is 16.5. The third-order valence-corrected chi connectivity index (χ3v) is 4.11. The zero-order chi connectivity index (χ0) is 17.8. The molecule has 1 atom stereocenters. The van der Waals surface area contributed by atoms with E-state index in [0.29, 0.717) is 11.1 Å². The van der Waals surface area contributed by atoms with Crippen LogP contribution >= 0.6 is 0 Å². The molecule has 0 spiro atoms. The monoisotopic (exact) mass is 333 g/mol. The fourth-order valence-corrected chi connectivity index (χ4v) is 2.59. The molecule has 0 radical (unpaired) electrons. The molecule has 3 aromatic rings. The number of aromatic nitrogens is 1. The van der Waals surface area contributed by atoms with Gasteiger partial charge in [-0.05, 0) is 31.0 Å². The maximum absolute atomic E-state index is 12.4. The van der Waals surface area contributed by atoms with Gasteiger partial charge >= 0.3 is 5.97 Å². The van der Waals surface area contributed by atoms with E-state index in [9.17, 15) is 9.59 Å². The zero-order valence-corrected chi connectivity index (χ0v) is 14.2. The lowest BCUT2D eigenvalue weighted by Gasteiger charge is -2.12. The Morgan fingerprint density at radius 2 is 1.72 bits per heavy atom. The van der Waals surface area contributed by atoms with Crippen LogP contribution in [0.15, 0.2) is 60.7 Å². The summed E-state index contributed by atoms with van der Waals surface area (Å²) in [5, 5.41) is 0.944. The second-order valence-electron chi connectivity index (χ2n) is 5.85. The van der Waals surface area contributed by atoms with Crippen LogP contribution in [0.25, 0.3) is 10.9 Å². The molecule has 0 aliphatic carbocycles. The number of hydrogen-bond donors (Lipinski definition) is 0. The molecule has 0 bridgehead atoms. The molecule has 1 aromatic heterocycles. The van der Waals surface area contributed by atoms with Gasteiger partial charge < -0.3 is 4.74 Å². The predicted molar refractivity (Wildman–Crippen MR) is 96.8 cm³/mol. The van der Waals surface area contributed by atoms with Gasteiger partial charge in [0.15, 0.2) is 6.10 Å². The molecule has 0 saturated heterocycles. The number of Topliss-reactive ketones (excluding diaryl/α,β-unsaturated/α-hetero) is 1. The van der Waals surface area contributed by atoms with Gasteiger partial charge in [0.2, 0.25) is 5.78 Å². The van der Waals surface area contributed by atoms with Crippen LogP contribution in [-0.4, -0.2) is 22.8 Å². The average molecular weight is 333 g/mol. The number of ketones is 1. The molecule has 2 aromatic carbocycles. The lowest BCUT2D eigenvalue weighted by molar-refractivity contribution is 0.0313. The maximum atomic E-state index is 12.4. The van der Waals surface area contributed by atoms with Gasteiger partial charge in [-0.15, -0.1) is 0 Å². The summed E-state index contributed by atoms with van der Waals surface area (Å²) in [5.41, 5.74) is 2.59. The van der Waals surface area contributed by atoms with E-state index in [1.807, 2.05) is 42.5 Å². The minimum Gasteiger partial charge on any atom is -0.450 e. The van der Waals surface area contributed by atoms with Gasteiger partial charge in [-0.25, -0.2) is 9.78 Å². The average Bonchev–Trinajstić information content (AvgIpc) is 2.67. The second-order valence-corrected chi connectivity index (χ2v) is 5.85. The van der Waals surface area contributed by atoms with E-state index < -0.39 is 12.1 Å². The molecule has 4 nitrogen and oxygen atoms in total. The molecule has 0 saturated carbocycles. The molecule has 0 amide bonds. The zero-order valence-electron chi connectivity index (χ0n) is 14.2. The standard InChI is InChI=1S/C21H19NO3/c1-3-15-8-10-17(11-9-15)20(23)14(2)25-21(24)19-13-12-16-6-4-5-7-18(16)22-19/h4-14H,3H2,1-2H3/t14-/m1/s1. The maximum Gasteiger partial charge on any atom is 0.357 e. The van der Waals surface area contributed by atoms with E-state index in [1.165, 1.54) is 0 Å². The predicted octanol–water partition coefficient (Wildman–Crippen LogP) is 4.23. The van der Waals surface area contributed by atoms with Crippen molar-refractivity contribution in [2.45, 2.75) is 26.4 Å². The molecule has 126 valence electrons. The van der Waals surface area contributed by atoms with Gasteiger partial charge in [-0.3, -0.25) is 4.79 Å². The minimum absolute atomic E-state index is 0.194. The lowest BCUT2D eigenvalue weighted by atomic mass is 10.0. The van der Waals surface area contributed by atoms with Crippen molar-refractivity contribution in [3.63, 3.8) is 0 Å². The summed E-state index contributed by atoms with van der Waals surface area (Å²) >= 11 is 0. The van der Waals surface area contributed by atoms with E-state index in [0.717, 1.165) is 17.4 Å². The normalized spacial score (nSPS) is 11.9. The summed E-state index contributed by atoms with van der Waals surface area (Å²) < 4.78 is 5.31. The van der Waals surface area contributed by atoms with Crippen LogP contribution in [0.3, 0.4) is 0 Å². The smallest absolute Gasteiger partial charge is 0.357 e. The van der Waals surface area contributed by atoms with E-state index >= 15 is 0 Å². The fraction of sp³-hybridized carbons (Fsp3) is 0.190. The van der Waals surface area contributed by atoms with Gasteiger partial charge in [0, 0.05) is 10.9 Å². The van der Waals surface area contributed by atoms with Crippen molar-refractivity contribution in [1.82, 2.24) is 4.98 Å². The van der Waals surface area contributed by atoms with E-state index in [-0.39, 0.29) is 11.5 Å². The van der Waals surface area contributed by atoms with Gasteiger partial charge in [0.05, 0.1) is 5.52 Å². The highest BCUT2D eigenvalue weighted by Crippen LogP contribution is 2.14. The third kappa shape index (κ3) is 3.74. The van der Waals surface area contributed by atoms with E-state index in [1.54, 1.807) is 25.1 Å². The molecule has 0 unspecified atom stereocenters. The molecular weight excluding hydrogens is 314 g/mol. The molecule has 3 rings (SSSR count). The summed E-state index contributed by atoms with van der Waals surface area (Å²) in [5.74, 6) is -0.825. The molecule has 1 heterocycles. The van der Waals surface area contributed by atoms with Crippen molar-refractivity contribution in [2.24, 2.45) is 0 Å². The van der Waals surface area contributed by atoms with Crippen molar-refractivity contribution >= 4 is 22.7 Å². The third-order valence-electron chi connectivity index (χ3n) is 4.11. The van der Waals surface area contributed by atoms with Crippen LogP contribution in [0, 0.1) is 0 Å². The SMILES string of the molecule is CCc1ccc(C(=O)[C@@H](C)OC(=O)c2ccc3ccccc3n2)cc1. The van der Waals surface area contributed by atoms with Crippen molar-refractivity contribution in [3.05, 3.63) is 77.5 Å². The number of carbonyl (C=O) groups is 2. The Bertz CT molecular complexity index is 916. The summed E-state index contributed by atoms with van der Waals surface area (Å²) in [6, 6.07) is 18.3. The van der Waals surface area contributed by atoms with Gasteiger partial charge in [0.25, 0.3) is 0 Å². The molecule has 0 N–H and O–H groups in total. The number of ether oxygens (including phenoxy) is 1. The van der Waals surface area contributed by atoms with Gasteiger partial charge in [-0.2, -0.15) is 0 Å². The van der Waals surface area contributed by atoms with Crippen LogP contribution in [0.1, 0.15) is 40.3 Å². The van der Waals surface area contributed by atoms with Gasteiger partial charge in [0.1, 0.15) is 5.69 Å². The summed E-state index contributed by atoms with van der Waals surface area (Å²) in [6.07, 6.45) is 0.0420. The van der Waals surface area contributed by atoms with Crippen molar-refractivity contribution in [3.8, 4) is 0 Å². The molecule has 0 aliphatic rings. The highest BCUT2D eigenvalue weighted by molar-refractivity contribution is 6.01. The lowest BCUT2D eigenvalue weighted by Crippen LogP contribution is -2.24. The number of hydrogen-bond acceptors (Lipinski definition) is 4. The topological polar surface area (TPSA) is 56.3 Å². The first kappa shape index (κ1) is 16.8. The molecule has 0 fully saturated rings. The Labute approximate surface area is 146 Å². The Balaban J connectivity index is 1.72. The Hall–Kier alpha value is -3.01. The number of esters is 1. The minimum atomic E-state index is -0.867. The number of aryl methyl sites for hydroxylation is 1. The van der Waals surface area contributed by atoms with Crippen molar-refractivity contribution in [2.75, 3.05) is 0 Å². The molecule has 4 heteroatoms. The van der Waals surface area contributed by atoms with Crippen molar-refractivity contribution < 1.29 is 14.3 Å². The summed E-state index contributed by atoms with van der Waals surface area (Å²) in [6.45, 7) is 3.63. The van der Waals surface area contributed by atoms with Crippen LogP contribution in [0.4, 0.5) is 0 Å². The highest BCUT2D eigenvalue weighted by Gasteiger charge is 2.21. The first-order valence-corrected chi connectivity index (χ1v) is 8.28. The Morgan fingerprint density at radius 3 is 2.44 bits per heavy atom. The van der Waals surface area contributed by atoms with Gasteiger partial charge in [-0.1, -0.05) is 55.5 Å². The molecule has 0 aliphatic heterocycles. The number of rotatable bonds is 5. The number of carbonyl (C=O) groups excluding carboxylic acids is 2. The largest absolute Gasteiger partial charge is 0.450 e. The molecular formula is C21H19NO3. The van der Waals surface area contributed by atoms with Crippen LogP contribution in [-0.2, 0) is 11.2 Å². The fourth-order valence-electron chi connectivity index (χ4n) is 2.59. The van der Waals surface area contributed by atoms with Crippen molar-refractivity contribution in [1.29, 1.82) is 0 Å². The quantitative estimate of drug-likeness (QED) is 0.518. The van der Waals surface area contributed by atoms with E-state index in [4.69, 9.17) is 4.74 Å². The second kappa shape index (κ2) is 7.26. The Morgan fingerprint density at radius 1 is 1.00 bits per heavy atom. The van der Waals surface area contributed by atoms with Crippen LogP contribution in [0.5, 0.6) is 0 Å². The first-order valence-electron chi connectivity index (χ1n) is 8.28. The summed E-state index contributed by atoms with van der Waals surface area (Å²) in [4.78, 5) is 29.0. The number of nitrogens with zero attached hydrogens (tertiary/aromatic N) is 1. The number of pyridine rings is 1. The summed E-state index contributed by atoms with van der Waals surface area (Å²) in [7, 11) is 0. The number of fused-ring (bicyclic) bond motifs is 1. The Kier molecular flexibility index (Phi) is 4.89. The van der Waals surface area contributed by atoms with Crippen LogP contribution in [0.2, 0.25) is 0 Å². The number of benzene rings is 2. The molecule has 25 heavy (non-hydrogen) atoms. The van der Waals surface area contributed by atoms with E-state index in [2.05, 4.69) is 11.9 Å². The number of para-hydroxylation sites is 1. The van der Waals surface area contributed by atoms with Crippen LogP contribution < -0.4 is 0 Å². The first-order chi connectivity index (χ1) is 12.1.